The van der Waals surface area contributed by atoms with Crippen molar-refractivity contribution in [2.45, 2.75) is 25.4 Å². The lowest BCUT2D eigenvalue weighted by atomic mass is 9.90. The quantitative estimate of drug-likeness (QED) is 0.879. The fourth-order valence-corrected chi connectivity index (χ4v) is 3.35. The summed E-state index contributed by atoms with van der Waals surface area (Å²) in [5, 5.41) is 0. The summed E-state index contributed by atoms with van der Waals surface area (Å²) in [6.07, 6.45) is 0.667. The first-order valence-corrected chi connectivity index (χ1v) is 9.00. The predicted molar refractivity (Wildman–Crippen MR) is 100 cm³/mol. The smallest absolute Gasteiger partial charge is 0.251 e. The zero-order chi connectivity index (χ0) is 19.4. The van der Waals surface area contributed by atoms with Gasteiger partial charge in [-0.25, -0.2) is 4.39 Å². The third-order valence-electron chi connectivity index (χ3n) is 4.91. The van der Waals surface area contributed by atoms with E-state index in [4.69, 9.17) is 10.5 Å². The van der Waals surface area contributed by atoms with Crippen LogP contribution >= 0.6 is 0 Å². The first kappa shape index (κ1) is 19.0. The first-order valence-electron chi connectivity index (χ1n) is 9.00. The second kappa shape index (κ2) is 7.88. The number of carbonyl (C=O) groups excluding carboxylic acids is 2. The molecule has 6 heteroatoms. The molecule has 5 nitrogen and oxygen atoms in total. The number of rotatable bonds is 5. The Bertz CT molecular complexity index is 820. The Kier molecular flexibility index (Phi) is 5.56. The van der Waals surface area contributed by atoms with Gasteiger partial charge in [0.1, 0.15) is 5.82 Å². The molecular weight excluding hydrogens is 347 g/mol. The van der Waals surface area contributed by atoms with E-state index in [0.29, 0.717) is 19.4 Å². The van der Waals surface area contributed by atoms with Gasteiger partial charge in [0.2, 0.25) is 5.91 Å². The van der Waals surface area contributed by atoms with Crippen LogP contribution in [0.3, 0.4) is 0 Å². The number of amides is 2. The van der Waals surface area contributed by atoms with Crippen LogP contribution in [-0.2, 0) is 20.7 Å². The number of hydrogen-bond donors (Lipinski definition) is 1. The van der Waals surface area contributed by atoms with Crippen LogP contribution in [0.4, 0.5) is 4.39 Å². The van der Waals surface area contributed by atoms with E-state index in [0.717, 1.165) is 16.7 Å². The SMILES string of the molecule is CCC(=O)N1CCO[C@@](Cc2ccc(-c3ccc(F)cc3)cc2)(C(N)=O)C1. The van der Waals surface area contributed by atoms with Gasteiger partial charge in [-0.3, -0.25) is 9.59 Å². The number of ether oxygens (including phenoxy) is 1. The van der Waals surface area contributed by atoms with Crippen molar-refractivity contribution < 1.29 is 18.7 Å². The van der Waals surface area contributed by atoms with Crippen molar-refractivity contribution in [3.63, 3.8) is 0 Å². The maximum atomic E-state index is 13.1. The highest BCUT2D eigenvalue weighted by Gasteiger charge is 2.43. The molecule has 2 aromatic carbocycles. The van der Waals surface area contributed by atoms with Gasteiger partial charge in [-0.05, 0) is 28.8 Å². The molecule has 3 rings (SSSR count). The Morgan fingerprint density at radius 2 is 1.70 bits per heavy atom. The highest BCUT2D eigenvalue weighted by atomic mass is 19.1. The maximum absolute atomic E-state index is 13.1. The van der Waals surface area contributed by atoms with Crippen molar-refractivity contribution in [3.05, 3.63) is 59.9 Å². The third kappa shape index (κ3) is 4.17. The Labute approximate surface area is 157 Å². The Morgan fingerprint density at radius 1 is 1.11 bits per heavy atom. The molecule has 0 spiro atoms. The lowest BCUT2D eigenvalue weighted by Gasteiger charge is -2.40. The monoisotopic (exact) mass is 370 g/mol. The van der Waals surface area contributed by atoms with Gasteiger partial charge in [0, 0.05) is 19.4 Å². The lowest BCUT2D eigenvalue weighted by molar-refractivity contribution is -0.163. The zero-order valence-corrected chi connectivity index (χ0v) is 15.3. The number of hydrogen-bond acceptors (Lipinski definition) is 3. The fraction of sp³-hybridized carbons (Fsp3) is 0.333. The van der Waals surface area contributed by atoms with Gasteiger partial charge in [0.25, 0.3) is 5.91 Å². The molecule has 2 N–H and O–H groups in total. The second-order valence-electron chi connectivity index (χ2n) is 6.76. The molecule has 1 aliphatic heterocycles. The number of benzene rings is 2. The molecular formula is C21H23FN2O3. The van der Waals surface area contributed by atoms with Crippen LogP contribution in [-0.4, -0.2) is 42.0 Å². The molecule has 2 amide bonds. The minimum Gasteiger partial charge on any atom is -0.367 e. The molecule has 1 saturated heterocycles. The normalized spacial score (nSPS) is 19.7. The van der Waals surface area contributed by atoms with Gasteiger partial charge in [-0.1, -0.05) is 43.3 Å². The summed E-state index contributed by atoms with van der Waals surface area (Å²) in [5.74, 6) is -0.867. The van der Waals surface area contributed by atoms with Crippen LogP contribution in [0.5, 0.6) is 0 Å². The number of morpholine rings is 1. The average Bonchev–Trinajstić information content (AvgIpc) is 2.68. The van der Waals surface area contributed by atoms with Crippen LogP contribution in [0.15, 0.2) is 48.5 Å². The van der Waals surface area contributed by atoms with Gasteiger partial charge in [0.05, 0.1) is 13.2 Å². The number of nitrogens with zero attached hydrogens (tertiary/aromatic N) is 1. The predicted octanol–water partition coefficient (Wildman–Crippen LogP) is 2.53. The highest BCUT2D eigenvalue weighted by Crippen LogP contribution is 2.26. The van der Waals surface area contributed by atoms with Gasteiger partial charge in [-0.2, -0.15) is 0 Å². The molecule has 0 aromatic heterocycles. The van der Waals surface area contributed by atoms with Crippen LogP contribution in [0.1, 0.15) is 18.9 Å². The van der Waals surface area contributed by atoms with Crippen LogP contribution in [0.2, 0.25) is 0 Å². The number of carbonyl (C=O) groups is 2. The molecule has 1 aliphatic rings. The van der Waals surface area contributed by atoms with Crippen molar-refractivity contribution in [2.75, 3.05) is 19.7 Å². The van der Waals surface area contributed by atoms with Crippen LogP contribution in [0, 0.1) is 5.82 Å². The minimum atomic E-state index is -1.22. The standard InChI is InChI=1S/C21H23FN2O3/c1-2-19(25)24-11-12-27-21(14-24,20(23)26)13-15-3-5-16(6-4-15)17-7-9-18(22)10-8-17/h3-10H,2,11-14H2,1H3,(H2,23,26)/t21-/m1/s1. The molecule has 1 fully saturated rings. The van der Waals surface area contributed by atoms with E-state index >= 15 is 0 Å². The molecule has 142 valence electrons. The highest BCUT2D eigenvalue weighted by molar-refractivity contribution is 5.86. The molecule has 0 aliphatic carbocycles. The van der Waals surface area contributed by atoms with Crippen molar-refractivity contribution in [1.29, 1.82) is 0 Å². The van der Waals surface area contributed by atoms with Crippen molar-refractivity contribution in [2.24, 2.45) is 5.73 Å². The van der Waals surface area contributed by atoms with Gasteiger partial charge >= 0.3 is 0 Å². The molecule has 0 unspecified atom stereocenters. The maximum Gasteiger partial charge on any atom is 0.251 e. The van der Waals surface area contributed by atoms with Crippen LogP contribution in [0.25, 0.3) is 11.1 Å². The Morgan fingerprint density at radius 3 is 2.26 bits per heavy atom. The van der Waals surface area contributed by atoms with Crippen molar-refractivity contribution in [1.82, 2.24) is 4.90 Å². The summed E-state index contributed by atoms with van der Waals surface area (Å²) in [5.41, 5.74) is 7.16. The number of primary amides is 1. The molecule has 1 heterocycles. The van der Waals surface area contributed by atoms with Gasteiger partial charge in [0.15, 0.2) is 5.60 Å². The molecule has 0 radical (unpaired) electrons. The average molecular weight is 370 g/mol. The summed E-state index contributed by atoms with van der Waals surface area (Å²) in [4.78, 5) is 25.9. The molecule has 27 heavy (non-hydrogen) atoms. The third-order valence-corrected chi connectivity index (χ3v) is 4.91. The first-order chi connectivity index (χ1) is 12.9. The van der Waals surface area contributed by atoms with E-state index < -0.39 is 11.5 Å². The topological polar surface area (TPSA) is 72.6 Å². The van der Waals surface area contributed by atoms with E-state index in [-0.39, 0.29) is 24.9 Å². The number of halogens is 1. The summed E-state index contributed by atoms with van der Waals surface area (Å²) < 4.78 is 18.8. The largest absolute Gasteiger partial charge is 0.367 e. The molecule has 0 saturated carbocycles. The van der Waals surface area contributed by atoms with Crippen molar-refractivity contribution >= 4 is 11.8 Å². The van der Waals surface area contributed by atoms with E-state index in [9.17, 15) is 14.0 Å². The van der Waals surface area contributed by atoms with E-state index in [1.54, 1.807) is 24.0 Å². The molecule has 2 aromatic rings. The van der Waals surface area contributed by atoms with Crippen molar-refractivity contribution in [3.8, 4) is 11.1 Å². The molecule has 0 bridgehead atoms. The van der Waals surface area contributed by atoms with E-state index in [1.807, 2.05) is 24.3 Å². The Hall–Kier alpha value is -2.73. The Balaban J connectivity index is 1.79. The van der Waals surface area contributed by atoms with Gasteiger partial charge < -0.3 is 15.4 Å². The zero-order valence-electron chi connectivity index (χ0n) is 15.3. The summed E-state index contributed by atoms with van der Waals surface area (Å²) in [7, 11) is 0. The van der Waals surface area contributed by atoms with E-state index in [2.05, 4.69) is 0 Å². The fourth-order valence-electron chi connectivity index (χ4n) is 3.35. The van der Waals surface area contributed by atoms with Gasteiger partial charge in [-0.15, -0.1) is 0 Å². The summed E-state index contributed by atoms with van der Waals surface area (Å²) in [6.45, 7) is 2.69. The van der Waals surface area contributed by atoms with E-state index in [1.165, 1.54) is 12.1 Å². The lowest BCUT2D eigenvalue weighted by Crippen LogP contribution is -2.61. The summed E-state index contributed by atoms with van der Waals surface area (Å²) >= 11 is 0. The minimum absolute atomic E-state index is 0.0180. The summed E-state index contributed by atoms with van der Waals surface area (Å²) in [6, 6.07) is 13.9. The van der Waals surface area contributed by atoms with Crippen LogP contribution < -0.4 is 5.73 Å². The second-order valence-corrected chi connectivity index (χ2v) is 6.76. The molecule has 1 atom stereocenters. The number of nitrogens with two attached hydrogens (primary N) is 1.